The van der Waals surface area contributed by atoms with Crippen molar-refractivity contribution in [2.24, 2.45) is 0 Å². The van der Waals surface area contributed by atoms with Crippen LogP contribution in [0.15, 0.2) is 65.5 Å². The molecule has 0 unspecified atom stereocenters. The topological polar surface area (TPSA) is 55.5 Å². The van der Waals surface area contributed by atoms with Gasteiger partial charge in [0.25, 0.3) is 11.2 Å². The maximum atomic E-state index is 13.6. The summed E-state index contributed by atoms with van der Waals surface area (Å²) in [6.45, 7) is 8.43. The van der Waals surface area contributed by atoms with Crippen molar-refractivity contribution >= 4 is 17.3 Å². The molecule has 5 nitrogen and oxygen atoms in total. The Labute approximate surface area is 170 Å². The quantitative estimate of drug-likeness (QED) is 0.608. The van der Waals surface area contributed by atoms with Gasteiger partial charge in [0.15, 0.2) is 0 Å². The lowest BCUT2D eigenvalue weighted by Crippen LogP contribution is -2.25. The lowest BCUT2D eigenvalue weighted by atomic mass is 10.0. The normalized spacial score (nSPS) is 11.0. The molecule has 0 saturated carbocycles. The number of nitrogens with zero attached hydrogens (tertiary/aromatic N) is 2. The molecule has 0 saturated heterocycles. The van der Waals surface area contributed by atoms with E-state index in [0.717, 1.165) is 10.6 Å². The highest BCUT2D eigenvalue weighted by Crippen LogP contribution is 2.37. The van der Waals surface area contributed by atoms with Crippen molar-refractivity contribution in [1.29, 1.82) is 0 Å². The minimum absolute atomic E-state index is 0.00391. The molecule has 3 rings (SSSR count). The maximum Gasteiger partial charge on any atom is 0.407 e. The van der Waals surface area contributed by atoms with E-state index >= 15 is 0 Å². The summed E-state index contributed by atoms with van der Waals surface area (Å²) in [7, 11) is 0. The Kier molecular flexibility index (Phi) is 5.74. The summed E-state index contributed by atoms with van der Waals surface area (Å²) in [6, 6.07) is 15.7. The van der Waals surface area contributed by atoms with Crippen LogP contribution in [0.1, 0.15) is 18.1 Å². The molecule has 2 aromatic carbocycles. The van der Waals surface area contributed by atoms with Crippen LogP contribution in [-0.2, 0) is 17.5 Å². The van der Waals surface area contributed by atoms with Gasteiger partial charge in [0.1, 0.15) is 0 Å². The minimum Gasteiger partial charge on any atom is -0.326 e. The Hall–Kier alpha value is -3.86. The van der Waals surface area contributed by atoms with Crippen molar-refractivity contribution in [3.05, 3.63) is 93.6 Å². The fourth-order valence-corrected chi connectivity index (χ4v) is 3.08. The molecule has 0 bridgehead atoms. The van der Waals surface area contributed by atoms with E-state index in [0.29, 0.717) is 16.8 Å². The van der Waals surface area contributed by atoms with Crippen LogP contribution in [0.2, 0.25) is 0 Å². The number of hydrogen-bond donors (Lipinski definition) is 1. The third kappa shape index (κ3) is 4.41. The number of amides is 1. The first-order valence-corrected chi connectivity index (χ1v) is 8.85. The van der Waals surface area contributed by atoms with E-state index in [4.69, 9.17) is 6.57 Å². The van der Waals surface area contributed by atoms with Crippen molar-refractivity contribution < 1.29 is 18.0 Å². The predicted molar refractivity (Wildman–Crippen MR) is 107 cm³/mol. The SMILES string of the molecule is [C-]#[N+]c1c(C(F)(F)F)cc(-c2cccc(NC(C)=O)c2)n(Cc2ccccc2)c1=O. The van der Waals surface area contributed by atoms with Crippen molar-refractivity contribution in [3.8, 4) is 11.3 Å². The molecule has 1 heterocycles. The zero-order valence-electron chi connectivity index (χ0n) is 15.8. The highest BCUT2D eigenvalue weighted by Gasteiger charge is 2.36. The first-order valence-electron chi connectivity index (χ1n) is 8.85. The molecule has 0 fully saturated rings. The first-order chi connectivity index (χ1) is 14.2. The van der Waals surface area contributed by atoms with Crippen molar-refractivity contribution in [3.63, 3.8) is 0 Å². The molecular weight excluding hydrogens is 395 g/mol. The fraction of sp³-hybridized carbons (Fsp3) is 0.136. The van der Waals surface area contributed by atoms with Crippen molar-refractivity contribution in [2.45, 2.75) is 19.6 Å². The van der Waals surface area contributed by atoms with Crippen molar-refractivity contribution in [2.75, 3.05) is 5.32 Å². The number of carbonyl (C=O) groups is 1. The minimum atomic E-state index is -4.87. The lowest BCUT2D eigenvalue weighted by Gasteiger charge is -2.18. The maximum absolute atomic E-state index is 13.6. The van der Waals surface area contributed by atoms with Crippen LogP contribution in [0, 0.1) is 6.57 Å². The molecule has 0 radical (unpaired) electrons. The molecule has 1 amide bonds. The molecule has 0 spiro atoms. The van der Waals surface area contributed by atoms with Crippen LogP contribution in [0.5, 0.6) is 0 Å². The highest BCUT2D eigenvalue weighted by molar-refractivity contribution is 5.89. The zero-order valence-corrected chi connectivity index (χ0v) is 15.8. The summed E-state index contributed by atoms with van der Waals surface area (Å²) in [4.78, 5) is 27.1. The molecule has 30 heavy (non-hydrogen) atoms. The van der Waals surface area contributed by atoms with Crippen LogP contribution < -0.4 is 10.9 Å². The largest absolute Gasteiger partial charge is 0.407 e. The zero-order chi connectivity index (χ0) is 21.9. The fourth-order valence-electron chi connectivity index (χ4n) is 3.08. The molecule has 1 N–H and O–H groups in total. The van der Waals surface area contributed by atoms with E-state index in [9.17, 15) is 22.8 Å². The Morgan fingerprint density at radius 2 is 1.80 bits per heavy atom. The molecule has 0 aliphatic heterocycles. The Morgan fingerprint density at radius 3 is 2.40 bits per heavy atom. The van der Waals surface area contributed by atoms with Gasteiger partial charge >= 0.3 is 6.18 Å². The third-order valence-corrected chi connectivity index (χ3v) is 4.35. The Balaban J connectivity index is 2.29. The average Bonchev–Trinajstić information content (AvgIpc) is 2.69. The van der Waals surface area contributed by atoms with Gasteiger partial charge in [-0.05, 0) is 23.8 Å². The summed E-state index contributed by atoms with van der Waals surface area (Å²) in [6.07, 6.45) is -4.87. The number of benzene rings is 2. The number of alkyl halides is 3. The molecule has 0 atom stereocenters. The second kappa shape index (κ2) is 8.25. The first kappa shape index (κ1) is 20.9. The van der Waals surface area contributed by atoms with Crippen LogP contribution in [-0.4, -0.2) is 10.5 Å². The second-order valence-corrected chi connectivity index (χ2v) is 6.54. The van der Waals surface area contributed by atoms with E-state index in [1.165, 1.54) is 13.0 Å². The van der Waals surface area contributed by atoms with Gasteiger partial charge in [-0.3, -0.25) is 9.59 Å². The van der Waals surface area contributed by atoms with E-state index in [-0.39, 0.29) is 18.1 Å². The van der Waals surface area contributed by atoms with Gasteiger partial charge in [-0.25, -0.2) is 4.85 Å². The van der Waals surface area contributed by atoms with Gasteiger partial charge in [0.2, 0.25) is 5.91 Å². The Morgan fingerprint density at radius 1 is 1.10 bits per heavy atom. The monoisotopic (exact) mass is 411 g/mol. The van der Waals surface area contributed by atoms with Gasteiger partial charge in [-0.1, -0.05) is 42.5 Å². The molecule has 152 valence electrons. The Bertz CT molecular complexity index is 1190. The summed E-state index contributed by atoms with van der Waals surface area (Å²) in [5.41, 5.74) is -1.92. The molecule has 3 aromatic rings. The van der Waals surface area contributed by atoms with Gasteiger partial charge < -0.3 is 9.88 Å². The standard InChI is InChI=1S/C22H16F3N3O2/c1-14(29)27-17-10-6-9-16(11-17)19-12-18(22(23,24)25)20(26-2)21(30)28(19)13-15-7-4-3-5-8-15/h3-12H,13H2,1H3,(H,27,29). The van der Waals surface area contributed by atoms with Crippen molar-refractivity contribution in [1.82, 2.24) is 4.57 Å². The number of hydrogen-bond acceptors (Lipinski definition) is 2. The van der Waals surface area contributed by atoms with Crippen LogP contribution >= 0.6 is 0 Å². The summed E-state index contributed by atoms with van der Waals surface area (Å²) >= 11 is 0. The number of halogens is 3. The molecule has 0 aliphatic rings. The molecule has 0 aliphatic carbocycles. The smallest absolute Gasteiger partial charge is 0.326 e. The average molecular weight is 411 g/mol. The van der Waals surface area contributed by atoms with E-state index in [2.05, 4.69) is 10.2 Å². The van der Waals surface area contributed by atoms with Crippen LogP contribution in [0.4, 0.5) is 24.5 Å². The summed E-state index contributed by atoms with van der Waals surface area (Å²) < 4.78 is 41.9. The van der Waals surface area contributed by atoms with Crippen LogP contribution in [0.25, 0.3) is 16.1 Å². The van der Waals surface area contributed by atoms with Gasteiger partial charge in [-0.2, -0.15) is 13.2 Å². The number of anilines is 1. The lowest BCUT2D eigenvalue weighted by molar-refractivity contribution is -0.137. The van der Waals surface area contributed by atoms with Crippen LogP contribution in [0.3, 0.4) is 0 Å². The number of carbonyl (C=O) groups excluding carboxylic acids is 1. The second-order valence-electron chi connectivity index (χ2n) is 6.54. The van der Waals surface area contributed by atoms with E-state index in [1.54, 1.807) is 48.5 Å². The number of rotatable bonds is 4. The van der Waals surface area contributed by atoms with Gasteiger partial charge in [0, 0.05) is 30.4 Å². The number of aromatic nitrogens is 1. The molecular formula is C22H16F3N3O2. The number of nitrogens with one attached hydrogen (secondary N) is 1. The summed E-state index contributed by atoms with van der Waals surface area (Å²) in [5, 5.41) is 2.57. The predicted octanol–water partition coefficient (Wildman–Crippen LogP) is 5.09. The van der Waals surface area contributed by atoms with Gasteiger partial charge in [-0.15, -0.1) is 0 Å². The summed E-state index contributed by atoms with van der Waals surface area (Å²) in [5.74, 6) is -0.340. The molecule has 1 aromatic heterocycles. The number of pyridine rings is 1. The van der Waals surface area contributed by atoms with E-state index < -0.39 is 23.0 Å². The molecule has 8 heteroatoms. The third-order valence-electron chi connectivity index (χ3n) is 4.35. The van der Waals surface area contributed by atoms with Gasteiger partial charge in [0.05, 0.1) is 12.1 Å². The van der Waals surface area contributed by atoms with E-state index in [1.807, 2.05) is 0 Å². The highest BCUT2D eigenvalue weighted by atomic mass is 19.4.